The van der Waals surface area contributed by atoms with Crippen molar-refractivity contribution in [2.45, 2.75) is 47.5 Å². The lowest BCUT2D eigenvalue weighted by Gasteiger charge is -2.39. The number of ketones is 1. The number of pyridine rings is 1. The number of nitrogens with one attached hydrogen (secondary N) is 1. The lowest BCUT2D eigenvalue weighted by atomic mass is 9.79. The van der Waals surface area contributed by atoms with Gasteiger partial charge in [0.05, 0.1) is 10.7 Å². The predicted molar refractivity (Wildman–Crippen MR) is 159 cm³/mol. The van der Waals surface area contributed by atoms with Crippen molar-refractivity contribution in [1.29, 1.82) is 0 Å². The van der Waals surface area contributed by atoms with Gasteiger partial charge in [0.15, 0.2) is 5.78 Å². The number of rotatable bonds is 6. The highest BCUT2D eigenvalue weighted by molar-refractivity contribution is 9.10. The first-order valence-electron chi connectivity index (χ1n) is 12.6. The molecule has 1 aliphatic carbocycles. The van der Waals surface area contributed by atoms with Crippen LogP contribution in [0.25, 0.3) is 0 Å². The first kappa shape index (κ1) is 26.6. The summed E-state index contributed by atoms with van der Waals surface area (Å²) in [6, 6.07) is 21.0. The third-order valence-corrected chi connectivity index (χ3v) is 10.1. The summed E-state index contributed by atoms with van der Waals surface area (Å²) in [5.74, 6) is -0.0650. The minimum atomic E-state index is -1.08. The van der Waals surface area contributed by atoms with Crippen LogP contribution in [0, 0.1) is 0 Å². The molecule has 4 aromatic rings. The van der Waals surface area contributed by atoms with Gasteiger partial charge in [-0.1, -0.05) is 51.8 Å². The molecule has 0 bridgehead atoms. The van der Waals surface area contributed by atoms with Gasteiger partial charge < -0.3 is 10.1 Å². The first-order valence-corrected chi connectivity index (χ1v) is 15.6. The molecule has 3 unspecified atom stereocenters. The Labute approximate surface area is 248 Å². The van der Waals surface area contributed by atoms with Crippen molar-refractivity contribution in [3.8, 4) is 5.88 Å². The van der Waals surface area contributed by atoms with E-state index in [1.54, 1.807) is 6.07 Å². The Morgan fingerprint density at radius 1 is 1.10 bits per heavy atom. The topological polar surface area (TPSA) is 68.3 Å². The van der Waals surface area contributed by atoms with Crippen LogP contribution < -0.4 is 10.1 Å². The normalized spacial score (nSPS) is 22.7. The van der Waals surface area contributed by atoms with E-state index < -0.39 is 10.8 Å². The number of thioether (sulfide) groups is 1. The van der Waals surface area contributed by atoms with Gasteiger partial charge in [0.25, 0.3) is 0 Å². The summed E-state index contributed by atoms with van der Waals surface area (Å²) >= 11 is 12.6. The molecule has 9 heteroatoms. The minimum absolute atomic E-state index is 0.0766. The van der Waals surface area contributed by atoms with Gasteiger partial charge in [0, 0.05) is 21.9 Å². The molecule has 1 saturated heterocycles. The lowest BCUT2D eigenvalue weighted by Crippen LogP contribution is -2.58. The van der Waals surface area contributed by atoms with Crippen molar-refractivity contribution in [3.63, 3.8) is 0 Å². The standard InChI is InChI=1S/C30H24BrClN2O3S2/c31-20-12-11-18-5-3-7-24(21(18)15-20)37-27-10-4-9-26(33-27)30(19-13-14-38-17-19)16-23(35)28(29(36)34-30)39-25-8-2-1-6-22(25)32/h1-2,4,6,8-15,17,24,28H,3,5,7,16H2,(H,34,36). The summed E-state index contributed by atoms with van der Waals surface area (Å²) in [5, 5.41) is 6.70. The van der Waals surface area contributed by atoms with E-state index >= 15 is 0 Å². The summed E-state index contributed by atoms with van der Waals surface area (Å²) in [6.07, 6.45) is 2.91. The first-order chi connectivity index (χ1) is 18.9. The van der Waals surface area contributed by atoms with Gasteiger partial charge in [0.1, 0.15) is 16.9 Å². The molecule has 2 aromatic carbocycles. The molecule has 3 atom stereocenters. The molecular weight excluding hydrogens is 616 g/mol. The molecule has 2 aliphatic rings. The average Bonchev–Trinajstić information content (AvgIpc) is 3.48. The van der Waals surface area contributed by atoms with Crippen LogP contribution in [-0.4, -0.2) is 21.9 Å². The van der Waals surface area contributed by atoms with Crippen LogP contribution in [0.1, 0.15) is 47.8 Å². The number of benzene rings is 2. The number of ether oxygens (including phenoxy) is 1. The number of amides is 1. The van der Waals surface area contributed by atoms with Crippen LogP contribution >= 0.6 is 50.6 Å². The van der Waals surface area contributed by atoms with E-state index in [2.05, 4.69) is 39.4 Å². The van der Waals surface area contributed by atoms with Crippen molar-refractivity contribution in [2.24, 2.45) is 0 Å². The SMILES string of the molecule is O=C1CC(c2ccsc2)(c2cccc(OC3CCCc4ccc(Br)cc43)n2)NC(=O)C1Sc1ccccc1Cl. The molecule has 6 rings (SSSR count). The van der Waals surface area contributed by atoms with Crippen LogP contribution in [0.4, 0.5) is 0 Å². The third kappa shape index (κ3) is 5.27. The Bertz CT molecular complexity index is 1530. The van der Waals surface area contributed by atoms with E-state index in [-0.39, 0.29) is 24.2 Å². The maximum atomic E-state index is 13.6. The molecular formula is C30H24BrClN2O3S2. The number of halogens is 2. The molecule has 0 spiro atoms. The summed E-state index contributed by atoms with van der Waals surface area (Å²) < 4.78 is 7.47. The minimum Gasteiger partial charge on any atom is -0.469 e. The maximum Gasteiger partial charge on any atom is 0.242 e. The Morgan fingerprint density at radius 2 is 1.97 bits per heavy atom. The third-order valence-electron chi connectivity index (χ3n) is 7.19. The molecule has 1 fully saturated rings. The zero-order chi connectivity index (χ0) is 27.0. The van der Waals surface area contributed by atoms with Gasteiger partial charge in [-0.2, -0.15) is 11.3 Å². The summed E-state index contributed by atoms with van der Waals surface area (Å²) in [5.41, 5.74) is 2.76. The monoisotopic (exact) mass is 638 g/mol. The Kier molecular flexibility index (Phi) is 7.55. The number of carbonyl (C=O) groups is 2. The van der Waals surface area contributed by atoms with Crippen LogP contribution in [-0.2, 0) is 21.5 Å². The number of hydrogen-bond acceptors (Lipinski definition) is 6. The number of piperidine rings is 1. The fourth-order valence-electron chi connectivity index (χ4n) is 5.30. The molecule has 1 N–H and O–H groups in total. The second-order valence-corrected chi connectivity index (χ2v) is 12.9. The number of fused-ring (bicyclic) bond motifs is 1. The van der Waals surface area contributed by atoms with Crippen LogP contribution in [0.15, 0.2) is 86.9 Å². The van der Waals surface area contributed by atoms with E-state index in [0.29, 0.717) is 21.5 Å². The smallest absolute Gasteiger partial charge is 0.242 e. The van der Waals surface area contributed by atoms with E-state index in [4.69, 9.17) is 21.3 Å². The lowest BCUT2D eigenvalue weighted by molar-refractivity contribution is -0.133. The number of aromatic nitrogens is 1. The maximum absolute atomic E-state index is 13.6. The van der Waals surface area contributed by atoms with E-state index in [1.807, 2.05) is 53.2 Å². The highest BCUT2D eigenvalue weighted by Crippen LogP contribution is 2.42. The average molecular weight is 640 g/mol. The predicted octanol–water partition coefficient (Wildman–Crippen LogP) is 7.51. The van der Waals surface area contributed by atoms with Gasteiger partial charge in [-0.3, -0.25) is 9.59 Å². The van der Waals surface area contributed by atoms with Crippen LogP contribution in [0.3, 0.4) is 0 Å². The molecule has 0 saturated carbocycles. The largest absolute Gasteiger partial charge is 0.469 e. The fraction of sp³-hybridized carbons (Fsp3) is 0.233. The zero-order valence-electron chi connectivity index (χ0n) is 20.7. The summed E-state index contributed by atoms with van der Waals surface area (Å²) in [7, 11) is 0. The van der Waals surface area contributed by atoms with Crippen molar-refractivity contribution in [2.75, 3.05) is 0 Å². The van der Waals surface area contributed by atoms with Crippen LogP contribution in [0.2, 0.25) is 5.02 Å². The Balaban J connectivity index is 1.32. The van der Waals surface area contributed by atoms with Crippen molar-refractivity contribution < 1.29 is 14.3 Å². The molecule has 1 aliphatic heterocycles. The molecule has 1 amide bonds. The fourth-order valence-corrected chi connectivity index (χ4v) is 7.65. The van der Waals surface area contributed by atoms with E-state index in [9.17, 15) is 9.59 Å². The number of carbonyl (C=O) groups excluding carboxylic acids is 2. The number of thiophene rings is 1. The quantitative estimate of drug-likeness (QED) is 0.221. The Morgan fingerprint density at radius 3 is 2.77 bits per heavy atom. The Hall–Kier alpha value is -2.65. The molecule has 2 aromatic heterocycles. The van der Waals surface area contributed by atoms with E-state index in [1.165, 1.54) is 28.7 Å². The van der Waals surface area contributed by atoms with Gasteiger partial charge in [-0.25, -0.2) is 4.98 Å². The second-order valence-electron chi connectivity index (χ2n) is 9.68. The van der Waals surface area contributed by atoms with Gasteiger partial charge in [-0.05, 0) is 83.1 Å². The second kappa shape index (κ2) is 11.1. The molecule has 39 heavy (non-hydrogen) atoms. The molecule has 0 radical (unpaired) electrons. The van der Waals surface area contributed by atoms with Crippen molar-refractivity contribution >= 4 is 62.3 Å². The van der Waals surface area contributed by atoms with Gasteiger partial charge >= 0.3 is 0 Å². The van der Waals surface area contributed by atoms with E-state index in [0.717, 1.165) is 34.9 Å². The van der Waals surface area contributed by atoms with Crippen molar-refractivity contribution in [3.05, 3.63) is 109 Å². The van der Waals surface area contributed by atoms with Gasteiger partial charge in [0.2, 0.25) is 11.8 Å². The van der Waals surface area contributed by atoms with Crippen molar-refractivity contribution in [1.82, 2.24) is 10.3 Å². The number of Topliss-reactive ketones (excluding diaryl/α,β-unsaturated/α-hetero) is 1. The summed E-state index contributed by atoms with van der Waals surface area (Å²) in [4.78, 5) is 32.7. The molecule has 5 nitrogen and oxygen atoms in total. The zero-order valence-corrected chi connectivity index (χ0v) is 24.7. The number of aryl methyl sites for hydroxylation is 1. The van der Waals surface area contributed by atoms with Gasteiger partial charge in [-0.15, -0.1) is 11.8 Å². The highest BCUT2D eigenvalue weighted by atomic mass is 79.9. The number of hydrogen-bond donors (Lipinski definition) is 1. The highest BCUT2D eigenvalue weighted by Gasteiger charge is 2.48. The molecule has 198 valence electrons. The molecule has 3 heterocycles. The number of nitrogens with zero attached hydrogens (tertiary/aromatic N) is 1. The summed E-state index contributed by atoms with van der Waals surface area (Å²) in [6.45, 7) is 0. The van der Waals surface area contributed by atoms with Crippen LogP contribution in [0.5, 0.6) is 5.88 Å².